The van der Waals surface area contributed by atoms with E-state index in [1.807, 2.05) is 12.1 Å². The Morgan fingerprint density at radius 3 is 2.33 bits per heavy atom. The van der Waals surface area contributed by atoms with Crippen LogP contribution in [0.15, 0.2) is 39.6 Å². The fourth-order valence-electron chi connectivity index (χ4n) is 3.12. The van der Waals surface area contributed by atoms with Crippen molar-refractivity contribution in [2.75, 3.05) is 24.2 Å². The molecule has 0 unspecified atom stereocenters. The highest BCUT2D eigenvalue weighted by Crippen LogP contribution is 2.33. The van der Waals surface area contributed by atoms with Crippen molar-refractivity contribution in [1.29, 1.82) is 0 Å². The second kappa shape index (κ2) is 6.81. The van der Waals surface area contributed by atoms with E-state index >= 15 is 0 Å². The van der Waals surface area contributed by atoms with Gasteiger partial charge in [-0.1, -0.05) is 12.8 Å². The Kier molecular flexibility index (Phi) is 4.76. The van der Waals surface area contributed by atoms with Gasteiger partial charge in [-0.05, 0) is 43.2 Å². The maximum atomic E-state index is 12.1. The number of carbonyl (C=O) groups excluding carboxylic acids is 1. The van der Waals surface area contributed by atoms with Gasteiger partial charge in [-0.3, -0.25) is 4.79 Å². The molecule has 0 saturated carbocycles. The minimum absolute atomic E-state index is 0.185. The third-order valence-corrected chi connectivity index (χ3v) is 5.50. The predicted octanol–water partition coefficient (Wildman–Crippen LogP) is 3.54. The second-order valence-electron chi connectivity index (χ2n) is 6.17. The van der Waals surface area contributed by atoms with E-state index in [1.54, 1.807) is 18.2 Å². The van der Waals surface area contributed by atoms with Gasteiger partial charge in [-0.25, -0.2) is 8.42 Å². The average molecular weight is 347 g/mol. The van der Waals surface area contributed by atoms with Crippen molar-refractivity contribution in [2.24, 2.45) is 0 Å². The average Bonchev–Trinajstić information content (AvgIpc) is 2.87. The molecule has 2 heterocycles. The Morgan fingerprint density at radius 1 is 1.04 bits per heavy atom. The molecule has 2 aromatic rings. The Balaban J connectivity index is 2.08. The van der Waals surface area contributed by atoms with Crippen molar-refractivity contribution in [3.05, 3.63) is 36.1 Å². The maximum Gasteiger partial charge on any atom is 0.185 e. The van der Waals surface area contributed by atoms with Crippen molar-refractivity contribution in [3.8, 4) is 11.3 Å². The second-order valence-corrected chi connectivity index (χ2v) is 8.16. The van der Waals surface area contributed by atoms with E-state index in [2.05, 4.69) is 4.90 Å². The number of hydrogen-bond acceptors (Lipinski definition) is 5. The van der Waals surface area contributed by atoms with Crippen molar-refractivity contribution in [2.45, 2.75) is 30.6 Å². The molecule has 0 bridgehead atoms. The normalized spacial score (nSPS) is 16.0. The van der Waals surface area contributed by atoms with Crippen LogP contribution in [0.2, 0.25) is 0 Å². The summed E-state index contributed by atoms with van der Waals surface area (Å²) in [5.74, 6) is 0.582. The van der Waals surface area contributed by atoms with Crippen molar-refractivity contribution >= 4 is 21.8 Å². The number of benzene rings is 1. The molecule has 0 radical (unpaired) electrons. The van der Waals surface area contributed by atoms with Gasteiger partial charge in [0.15, 0.2) is 21.9 Å². The van der Waals surface area contributed by atoms with Crippen LogP contribution >= 0.6 is 0 Å². The summed E-state index contributed by atoms with van der Waals surface area (Å²) in [6.45, 7) is 1.94. The molecule has 0 spiro atoms. The Labute approximate surface area is 142 Å². The molecule has 128 valence electrons. The van der Waals surface area contributed by atoms with E-state index in [1.165, 1.54) is 19.1 Å². The summed E-state index contributed by atoms with van der Waals surface area (Å²) in [4.78, 5) is 13.4. The summed E-state index contributed by atoms with van der Waals surface area (Å²) >= 11 is 0. The van der Waals surface area contributed by atoms with Crippen molar-refractivity contribution < 1.29 is 17.6 Å². The maximum absolute atomic E-state index is 12.1. The quantitative estimate of drug-likeness (QED) is 0.791. The van der Waals surface area contributed by atoms with Crippen LogP contribution in [0.4, 0.5) is 5.69 Å². The third-order valence-electron chi connectivity index (χ3n) is 4.34. The molecule has 0 aliphatic carbocycles. The molecular weight excluding hydrogens is 326 g/mol. The molecule has 1 aliphatic rings. The Hall–Kier alpha value is -2.08. The monoisotopic (exact) mass is 347 g/mol. The van der Waals surface area contributed by atoms with Crippen LogP contribution in [0.5, 0.6) is 0 Å². The van der Waals surface area contributed by atoms with Gasteiger partial charge in [0.25, 0.3) is 0 Å². The molecule has 1 aromatic carbocycles. The molecule has 1 aromatic heterocycles. The molecule has 3 rings (SSSR count). The summed E-state index contributed by atoms with van der Waals surface area (Å²) in [6, 6.07) is 8.53. The molecule has 1 aliphatic heterocycles. The number of rotatable bonds is 4. The fraction of sp³-hybridized carbons (Fsp3) is 0.389. The number of hydrogen-bond donors (Lipinski definition) is 0. The van der Waals surface area contributed by atoms with E-state index in [0.717, 1.165) is 31.6 Å². The standard InChI is InChI=1S/C18H21NO4S/c1-24(21,22)18-9-6-14(19-10-4-2-3-5-11-19)12-16(18)17-8-7-15(13-20)23-17/h6-9,12-13H,2-5,10-11H2,1H3. The Bertz CT molecular complexity index is 830. The van der Waals surface area contributed by atoms with E-state index in [4.69, 9.17) is 4.42 Å². The molecule has 5 nitrogen and oxygen atoms in total. The smallest absolute Gasteiger partial charge is 0.185 e. The topological polar surface area (TPSA) is 67.6 Å². The van der Waals surface area contributed by atoms with Gasteiger partial charge in [0.05, 0.1) is 4.90 Å². The van der Waals surface area contributed by atoms with Crippen LogP contribution in [0, 0.1) is 0 Å². The van der Waals surface area contributed by atoms with Gasteiger partial charge in [0.1, 0.15) is 5.76 Å². The SMILES string of the molecule is CS(=O)(=O)c1ccc(N2CCCCCC2)cc1-c1ccc(C=O)o1. The number of carbonyl (C=O) groups is 1. The molecule has 0 N–H and O–H groups in total. The summed E-state index contributed by atoms with van der Waals surface area (Å²) in [7, 11) is -3.40. The molecule has 0 atom stereocenters. The van der Waals surface area contributed by atoms with Crippen LogP contribution in [0.1, 0.15) is 36.2 Å². The van der Waals surface area contributed by atoms with E-state index < -0.39 is 9.84 Å². The first kappa shape index (κ1) is 16.8. The van der Waals surface area contributed by atoms with Crippen LogP contribution < -0.4 is 4.90 Å². The number of anilines is 1. The van der Waals surface area contributed by atoms with Gasteiger partial charge < -0.3 is 9.32 Å². The summed E-state index contributed by atoms with van der Waals surface area (Å²) in [5, 5.41) is 0. The van der Waals surface area contributed by atoms with E-state index in [0.29, 0.717) is 17.6 Å². The molecular formula is C18H21NO4S. The number of furan rings is 1. The van der Waals surface area contributed by atoms with Crippen LogP contribution in [-0.4, -0.2) is 34.0 Å². The summed E-state index contributed by atoms with van der Waals surface area (Å²) < 4.78 is 29.7. The Morgan fingerprint density at radius 2 is 1.75 bits per heavy atom. The van der Waals surface area contributed by atoms with Gasteiger partial charge in [0, 0.05) is 30.6 Å². The van der Waals surface area contributed by atoms with E-state index in [9.17, 15) is 13.2 Å². The zero-order valence-corrected chi connectivity index (χ0v) is 14.5. The highest BCUT2D eigenvalue weighted by molar-refractivity contribution is 7.90. The fourth-order valence-corrected chi connectivity index (χ4v) is 3.99. The molecule has 0 amide bonds. The van der Waals surface area contributed by atoms with Crippen LogP contribution in [0.3, 0.4) is 0 Å². The largest absolute Gasteiger partial charge is 0.453 e. The molecule has 1 saturated heterocycles. The van der Waals surface area contributed by atoms with Crippen LogP contribution in [0.25, 0.3) is 11.3 Å². The first-order valence-corrected chi connectivity index (χ1v) is 10.0. The summed E-state index contributed by atoms with van der Waals surface area (Å²) in [6.07, 6.45) is 6.53. The number of aldehydes is 1. The minimum Gasteiger partial charge on any atom is -0.453 e. The van der Waals surface area contributed by atoms with Gasteiger partial charge in [-0.2, -0.15) is 0 Å². The molecule has 6 heteroatoms. The van der Waals surface area contributed by atoms with Gasteiger partial charge >= 0.3 is 0 Å². The lowest BCUT2D eigenvalue weighted by Gasteiger charge is -2.23. The van der Waals surface area contributed by atoms with E-state index in [-0.39, 0.29) is 10.7 Å². The van der Waals surface area contributed by atoms with Gasteiger partial charge in [-0.15, -0.1) is 0 Å². The lowest BCUT2D eigenvalue weighted by Crippen LogP contribution is -2.23. The summed E-state index contributed by atoms with van der Waals surface area (Å²) in [5.41, 5.74) is 1.50. The molecule has 1 fully saturated rings. The zero-order chi connectivity index (χ0) is 17.2. The first-order valence-electron chi connectivity index (χ1n) is 8.13. The van der Waals surface area contributed by atoms with Crippen molar-refractivity contribution in [1.82, 2.24) is 0 Å². The highest BCUT2D eigenvalue weighted by Gasteiger charge is 2.20. The minimum atomic E-state index is -3.40. The highest BCUT2D eigenvalue weighted by atomic mass is 32.2. The predicted molar refractivity (Wildman–Crippen MR) is 93.3 cm³/mol. The first-order chi connectivity index (χ1) is 11.5. The number of sulfone groups is 1. The zero-order valence-electron chi connectivity index (χ0n) is 13.7. The number of nitrogens with zero attached hydrogens (tertiary/aromatic N) is 1. The third kappa shape index (κ3) is 3.53. The lowest BCUT2D eigenvalue weighted by molar-refractivity contribution is 0.110. The van der Waals surface area contributed by atoms with Crippen molar-refractivity contribution in [3.63, 3.8) is 0 Å². The molecule has 24 heavy (non-hydrogen) atoms. The van der Waals surface area contributed by atoms with Gasteiger partial charge in [0.2, 0.25) is 0 Å². The lowest BCUT2D eigenvalue weighted by atomic mass is 10.1. The van der Waals surface area contributed by atoms with Crippen LogP contribution in [-0.2, 0) is 9.84 Å².